The van der Waals surface area contributed by atoms with Crippen LogP contribution < -0.4 is 10.5 Å². The highest BCUT2D eigenvalue weighted by Gasteiger charge is 2.52. The molecule has 3 aliphatic heterocycles. The Hall–Kier alpha value is -1.66. The van der Waals surface area contributed by atoms with Crippen molar-refractivity contribution in [1.82, 2.24) is 4.90 Å². The Labute approximate surface area is 193 Å². The van der Waals surface area contributed by atoms with Gasteiger partial charge < -0.3 is 19.9 Å². The average Bonchev–Trinajstić information content (AvgIpc) is 3.28. The number of amides is 1. The summed E-state index contributed by atoms with van der Waals surface area (Å²) in [5, 5.41) is -0.221. The number of esters is 1. The molecule has 0 radical (unpaired) electrons. The van der Waals surface area contributed by atoms with Gasteiger partial charge in [0.05, 0.1) is 13.7 Å². The number of thioether (sulfide) groups is 3. The summed E-state index contributed by atoms with van der Waals surface area (Å²) in [6.07, 6.45) is 0. The zero-order valence-corrected chi connectivity index (χ0v) is 19.6. The van der Waals surface area contributed by atoms with Crippen molar-refractivity contribution >= 4 is 51.5 Å². The number of fused-ring (bicyclic) bond motifs is 1. The number of benzene rings is 1. The molecule has 166 valence electrons. The summed E-state index contributed by atoms with van der Waals surface area (Å²) < 4.78 is 17.0. The summed E-state index contributed by atoms with van der Waals surface area (Å²) in [6.45, 7) is 0.728. The van der Waals surface area contributed by atoms with Crippen molar-refractivity contribution in [2.75, 3.05) is 32.3 Å². The molecule has 1 amide bonds. The number of aliphatic imine (C=N–C) groups is 1. The maximum Gasteiger partial charge on any atom is 0.355 e. The molecule has 3 atom stereocenters. The van der Waals surface area contributed by atoms with E-state index in [1.165, 1.54) is 4.90 Å². The van der Waals surface area contributed by atoms with Crippen LogP contribution in [-0.2, 0) is 25.7 Å². The Balaban J connectivity index is 1.47. The topological polar surface area (TPSA) is 103 Å². The van der Waals surface area contributed by atoms with Gasteiger partial charge in [0, 0.05) is 18.6 Å². The third-order valence-electron chi connectivity index (χ3n) is 5.05. The molecule has 0 aliphatic carbocycles. The molecule has 0 spiro atoms. The van der Waals surface area contributed by atoms with E-state index >= 15 is 0 Å². The smallest absolute Gasteiger partial charge is 0.355 e. The second kappa shape index (κ2) is 9.86. The van der Waals surface area contributed by atoms with Gasteiger partial charge in [0.15, 0.2) is 0 Å². The molecule has 8 nitrogen and oxygen atoms in total. The quantitative estimate of drug-likeness (QED) is 0.463. The number of hydrogen-bond acceptors (Lipinski definition) is 10. The van der Waals surface area contributed by atoms with Crippen LogP contribution in [0.25, 0.3) is 0 Å². The minimum atomic E-state index is -0.583. The molecule has 1 fully saturated rings. The molecule has 1 aromatic carbocycles. The number of carbonyl (C=O) groups is 2. The standard InChI is InChI=1S/C20H23N3O5S3/c1-26-13-5-3-11(4-6-13)8-28-19(25)16-12(9-29-18-15(21)17(24)23(16)18)10-30-20-22-7-14(27-2)31-20/h3-6,14-15,18H,7-10,21H2,1-2H3/t14?,15?,18-/m1/s1. The molecular formula is C20H23N3O5S3. The monoisotopic (exact) mass is 481 g/mol. The van der Waals surface area contributed by atoms with Gasteiger partial charge in [-0.05, 0) is 23.3 Å². The van der Waals surface area contributed by atoms with Crippen molar-refractivity contribution < 1.29 is 23.8 Å². The number of methoxy groups -OCH3 is 2. The number of β-lactam (4-membered cyclic amide) rings is 1. The molecular weight excluding hydrogens is 458 g/mol. The third kappa shape index (κ3) is 4.75. The lowest BCUT2D eigenvalue weighted by Crippen LogP contribution is -2.68. The Morgan fingerprint density at radius 1 is 1.32 bits per heavy atom. The molecule has 0 aromatic heterocycles. The zero-order valence-electron chi connectivity index (χ0n) is 17.1. The van der Waals surface area contributed by atoms with Crippen LogP contribution in [0.1, 0.15) is 5.56 Å². The maximum atomic E-state index is 13.0. The Morgan fingerprint density at radius 2 is 2.10 bits per heavy atom. The van der Waals surface area contributed by atoms with Gasteiger partial charge in [-0.1, -0.05) is 35.7 Å². The molecule has 31 heavy (non-hydrogen) atoms. The Kier molecular flexibility index (Phi) is 7.17. The van der Waals surface area contributed by atoms with E-state index < -0.39 is 12.0 Å². The van der Waals surface area contributed by atoms with Crippen LogP contribution in [-0.4, -0.2) is 70.3 Å². The zero-order chi connectivity index (χ0) is 22.0. The summed E-state index contributed by atoms with van der Waals surface area (Å²) >= 11 is 4.70. The third-order valence-corrected chi connectivity index (χ3v) is 8.85. The predicted octanol–water partition coefficient (Wildman–Crippen LogP) is 2.04. The van der Waals surface area contributed by atoms with Crippen molar-refractivity contribution in [1.29, 1.82) is 0 Å². The van der Waals surface area contributed by atoms with E-state index in [0.29, 0.717) is 23.7 Å². The number of nitrogens with two attached hydrogens (primary N) is 1. The van der Waals surface area contributed by atoms with E-state index in [1.54, 1.807) is 49.5 Å². The van der Waals surface area contributed by atoms with Crippen LogP contribution in [0.5, 0.6) is 5.75 Å². The SMILES string of the molecule is COc1ccc(COC(=O)C2=C(CSC3=NCC(OC)S3)CS[C@@H]3C(N)C(=O)N23)cc1. The van der Waals surface area contributed by atoms with Gasteiger partial charge in [-0.15, -0.1) is 11.8 Å². The molecule has 0 bridgehead atoms. The van der Waals surface area contributed by atoms with Crippen LogP contribution >= 0.6 is 35.3 Å². The van der Waals surface area contributed by atoms with E-state index in [1.807, 2.05) is 24.3 Å². The minimum Gasteiger partial charge on any atom is -0.497 e. The van der Waals surface area contributed by atoms with Crippen LogP contribution in [0.4, 0.5) is 0 Å². The van der Waals surface area contributed by atoms with E-state index in [0.717, 1.165) is 21.3 Å². The summed E-state index contributed by atoms with van der Waals surface area (Å²) in [4.78, 5) is 31.4. The number of nitrogens with zero attached hydrogens (tertiary/aromatic N) is 2. The van der Waals surface area contributed by atoms with Crippen LogP contribution in [0, 0.1) is 0 Å². The molecule has 11 heteroatoms. The molecule has 4 rings (SSSR count). The second-order valence-electron chi connectivity index (χ2n) is 6.99. The van der Waals surface area contributed by atoms with Gasteiger partial charge in [-0.3, -0.25) is 14.7 Å². The second-order valence-corrected chi connectivity index (χ2v) is 10.5. The fourth-order valence-electron chi connectivity index (χ4n) is 3.31. The first-order chi connectivity index (χ1) is 15.0. The van der Waals surface area contributed by atoms with Crippen LogP contribution in [0.15, 0.2) is 40.5 Å². The lowest BCUT2D eigenvalue weighted by molar-refractivity contribution is -0.151. The predicted molar refractivity (Wildman–Crippen MR) is 124 cm³/mol. The Bertz CT molecular complexity index is 921. The molecule has 2 unspecified atom stereocenters. The lowest BCUT2D eigenvalue weighted by atomic mass is 10.0. The summed E-state index contributed by atoms with van der Waals surface area (Å²) in [5.41, 5.74) is 7.99. The van der Waals surface area contributed by atoms with Crippen molar-refractivity contribution in [3.05, 3.63) is 41.1 Å². The minimum absolute atomic E-state index is 0.0329. The molecule has 3 heterocycles. The van der Waals surface area contributed by atoms with E-state index in [2.05, 4.69) is 4.99 Å². The average molecular weight is 482 g/mol. The lowest BCUT2D eigenvalue weighted by Gasteiger charge is -2.48. The number of carbonyl (C=O) groups excluding carboxylic acids is 2. The van der Waals surface area contributed by atoms with E-state index in [4.69, 9.17) is 19.9 Å². The van der Waals surface area contributed by atoms with Crippen molar-refractivity contribution in [3.63, 3.8) is 0 Å². The summed E-state index contributed by atoms with van der Waals surface area (Å²) in [6, 6.07) is 6.71. The highest BCUT2D eigenvalue weighted by molar-refractivity contribution is 8.39. The van der Waals surface area contributed by atoms with Crippen molar-refractivity contribution in [2.45, 2.75) is 23.5 Å². The van der Waals surface area contributed by atoms with Crippen LogP contribution in [0.3, 0.4) is 0 Å². The molecule has 0 saturated carbocycles. The first-order valence-corrected chi connectivity index (χ1v) is 12.5. The van der Waals surface area contributed by atoms with Gasteiger partial charge in [0.25, 0.3) is 0 Å². The van der Waals surface area contributed by atoms with E-state index in [-0.39, 0.29) is 23.3 Å². The van der Waals surface area contributed by atoms with Gasteiger partial charge in [0.2, 0.25) is 5.91 Å². The van der Waals surface area contributed by atoms with Crippen molar-refractivity contribution in [3.8, 4) is 5.75 Å². The maximum absolute atomic E-state index is 13.0. The molecule has 1 aromatic rings. The first kappa shape index (κ1) is 22.5. The van der Waals surface area contributed by atoms with Gasteiger partial charge in [-0.2, -0.15) is 0 Å². The Morgan fingerprint density at radius 3 is 2.77 bits per heavy atom. The molecule has 3 aliphatic rings. The fourth-order valence-corrected chi connectivity index (χ4v) is 6.82. The number of rotatable bonds is 7. The van der Waals surface area contributed by atoms with Gasteiger partial charge in [-0.25, -0.2) is 4.79 Å². The highest BCUT2D eigenvalue weighted by atomic mass is 32.2. The number of hydrogen-bond donors (Lipinski definition) is 1. The largest absolute Gasteiger partial charge is 0.497 e. The molecule has 1 saturated heterocycles. The fraction of sp³-hybridized carbons (Fsp3) is 0.450. The van der Waals surface area contributed by atoms with Crippen molar-refractivity contribution in [2.24, 2.45) is 10.7 Å². The highest BCUT2D eigenvalue weighted by Crippen LogP contribution is 2.41. The molecule has 2 N–H and O–H groups in total. The summed E-state index contributed by atoms with van der Waals surface area (Å²) in [5.74, 6) is 1.14. The number of ether oxygens (including phenoxy) is 3. The van der Waals surface area contributed by atoms with Gasteiger partial charge >= 0.3 is 5.97 Å². The van der Waals surface area contributed by atoms with E-state index in [9.17, 15) is 9.59 Å². The van der Waals surface area contributed by atoms with Gasteiger partial charge in [0.1, 0.15) is 39.3 Å². The van der Waals surface area contributed by atoms with Crippen LogP contribution in [0.2, 0.25) is 0 Å². The first-order valence-electron chi connectivity index (χ1n) is 9.61. The normalized spacial score (nSPS) is 25.1. The summed E-state index contributed by atoms with van der Waals surface area (Å²) in [7, 11) is 3.26.